The number of anilines is 1. The smallest absolute Gasteiger partial charge is 0.276 e. The van der Waals surface area contributed by atoms with E-state index in [1.807, 2.05) is 5.38 Å². The summed E-state index contributed by atoms with van der Waals surface area (Å²) in [5.74, 6) is -0.193. The molecular weight excluding hydrogens is 483 g/mol. The molecule has 182 valence electrons. The molecule has 6 rings (SSSR count). The lowest BCUT2D eigenvalue weighted by Crippen LogP contribution is -2.48. The number of fused-ring (bicyclic) bond motifs is 1. The van der Waals surface area contributed by atoms with Crippen molar-refractivity contribution in [2.75, 3.05) is 31.1 Å². The average molecular weight is 505 g/mol. The number of nitrogens with one attached hydrogen (secondary N) is 1. The van der Waals surface area contributed by atoms with Crippen LogP contribution in [0.5, 0.6) is 0 Å². The minimum atomic E-state index is -0.298. The Hall–Kier alpha value is -4.32. The molecule has 36 heavy (non-hydrogen) atoms. The van der Waals surface area contributed by atoms with Gasteiger partial charge in [-0.25, -0.2) is 18.6 Å². The minimum absolute atomic E-state index is 0.131. The summed E-state index contributed by atoms with van der Waals surface area (Å²) < 4.78 is 17.1. The van der Waals surface area contributed by atoms with Gasteiger partial charge >= 0.3 is 0 Å². The SMILES string of the molecule is Cc1c(C(=O)N2CCN(c3nc(-c4ccccc4F)cs3)CC2)cnn1-c1nn2cccc2c(=O)[nH]1. The molecule has 1 aliphatic rings. The zero-order chi connectivity index (χ0) is 24.8. The number of aromatic amines is 1. The van der Waals surface area contributed by atoms with Gasteiger partial charge in [0.1, 0.15) is 11.3 Å². The standard InChI is InChI=1S/C24H21FN8O2S/c1-15-17(13-26-33(15)23-28-21(34)20-7-4-8-32(20)29-23)22(35)30-9-11-31(12-10-30)24-27-19(14-36-24)16-5-2-3-6-18(16)25/h2-8,13-14H,9-12H2,1H3,(H,28,29,34). The van der Waals surface area contributed by atoms with Crippen molar-refractivity contribution < 1.29 is 9.18 Å². The predicted molar refractivity (Wildman–Crippen MR) is 133 cm³/mol. The molecule has 5 heterocycles. The van der Waals surface area contributed by atoms with Gasteiger partial charge in [0.05, 0.1) is 23.1 Å². The van der Waals surface area contributed by atoms with E-state index in [1.54, 1.807) is 48.4 Å². The Morgan fingerprint density at radius 1 is 1.11 bits per heavy atom. The summed E-state index contributed by atoms with van der Waals surface area (Å²) in [5, 5.41) is 11.4. The first kappa shape index (κ1) is 22.2. The van der Waals surface area contributed by atoms with Gasteiger partial charge in [-0.3, -0.25) is 14.6 Å². The Morgan fingerprint density at radius 3 is 2.72 bits per heavy atom. The molecule has 1 amide bonds. The van der Waals surface area contributed by atoms with E-state index in [0.29, 0.717) is 54.2 Å². The van der Waals surface area contributed by atoms with Crippen LogP contribution < -0.4 is 10.5 Å². The number of rotatable bonds is 4. The van der Waals surface area contributed by atoms with Crippen molar-refractivity contribution in [3.8, 4) is 17.2 Å². The van der Waals surface area contributed by atoms with E-state index in [-0.39, 0.29) is 23.2 Å². The molecule has 0 unspecified atom stereocenters. The number of carbonyl (C=O) groups excluding carboxylic acids is 1. The molecule has 1 fully saturated rings. The lowest BCUT2D eigenvalue weighted by atomic mass is 10.2. The number of amides is 1. The fourth-order valence-electron chi connectivity index (χ4n) is 4.33. The molecule has 0 spiro atoms. The number of hydrogen-bond donors (Lipinski definition) is 1. The van der Waals surface area contributed by atoms with Crippen molar-refractivity contribution in [3.63, 3.8) is 0 Å². The third-order valence-corrected chi connectivity index (χ3v) is 7.21. The maximum Gasteiger partial charge on any atom is 0.276 e. The van der Waals surface area contributed by atoms with E-state index in [2.05, 4.69) is 25.1 Å². The summed E-state index contributed by atoms with van der Waals surface area (Å²) in [6.45, 7) is 4.03. The van der Waals surface area contributed by atoms with Crippen LogP contribution in [-0.4, -0.2) is 66.3 Å². The van der Waals surface area contributed by atoms with E-state index >= 15 is 0 Å². The molecule has 0 atom stereocenters. The van der Waals surface area contributed by atoms with Gasteiger partial charge in [0, 0.05) is 43.3 Å². The van der Waals surface area contributed by atoms with Gasteiger partial charge in [-0.15, -0.1) is 16.4 Å². The summed E-state index contributed by atoms with van der Waals surface area (Å²) in [4.78, 5) is 36.8. The highest BCUT2D eigenvalue weighted by atomic mass is 32.1. The summed E-state index contributed by atoms with van der Waals surface area (Å²) >= 11 is 1.46. The van der Waals surface area contributed by atoms with Crippen LogP contribution in [0.3, 0.4) is 0 Å². The topological polar surface area (TPSA) is 104 Å². The number of aromatic nitrogens is 6. The molecule has 4 aromatic heterocycles. The molecular formula is C24H21FN8O2S. The summed E-state index contributed by atoms with van der Waals surface area (Å²) in [5.41, 5.74) is 2.28. The Kier molecular flexibility index (Phi) is 5.37. The first-order valence-corrected chi connectivity index (χ1v) is 12.2. The van der Waals surface area contributed by atoms with E-state index in [4.69, 9.17) is 0 Å². The van der Waals surface area contributed by atoms with Crippen molar-refractivity contribution in [2.45, 2.75) is 6.92 Å². The number of thiazole rings is 1. The molecule has 5 aromatic rings. The zero-order valence-electron chi connectivity index (χ0n) is 19.3. The number of piperazine rings is 1. The van der Waals surface area contributed by atoms with Gasteiger partial charge in [0.2, 0.25) is 5.95 Å². The molecule has 0 bridgehead atoms. The molecule has 10 nitrogen and oxygen atoms in total. The van der Waals surface area contributed by atoms with E-state index in [0.717, 1.165) is 5.13 Å². The van der Waals surface area contributed by atoms with Crippen molar-refractivity contribution in [1.29, 1.82) is 0 Å². The summed E-state index contributed by atoms with van der Waals surface area (Å²) in [6, 6.07) is 10.00. The van der Waals surface area contributed by atoms with Crippen LogP contribution in [0.15, 0.2) is 59.0 Å². The van der Waals surface area contributed by atoms with E-state index in [1.165, 1.54) is 32.8 Å². The highest BCUT2D eigenvalue weighted by Gasteiger charge is 2.27. The molecule has 0 saturated carbocycles. The lowest BCUT2D eigenvalue weighted by Gasteiger charge is -2.34. The van der Waals surface area contributed by atoms with Gasteiger partial charge in [0.15, 0.2) is 5.13 Å². The monoisotopic (exact) mass is 504 g/mol. The predicted octanol–water partition coefficient (Wildman–Crippen LogP) is 2.74. The maximum absolute atomic E-state index is 14.1. The van der Waals surface area contributed by atoms with Crippen LogP contribution in [0.1, 0.15) is 16.1 Å². The molecule has 12 heteroatoms. The van der Waals surface area contributed by atoms with Crippen molar-refractivity contribution >= 4 is 27.9 Å². The minimum Gasteiger partial charge on any atom is -0.345 e. The van der Waals surface area contributed by atoms with Crippen LogP contribution in [-0.2, 0) is 0 Å². The van der Waals surface area contributed by atoms with Crippen LogP contribution in [0.4, 0.5) is 9.52 Å². The number of nitrogens with zero attached hydrogens (tertiary/aromatic N) is 7. The first-order chi connectivity index (χ1) is 17.5. The number of H-pyrrole nitrogens is 1. The third-order valence-electron chi connectivity index (χ3n) is 6.31. The molecule has 1 saturated heterocycles. The Bertz CT molecular complexity index is 1640. The van der Waals surface area contributed by atoms with Crippen molar-refractivity contribution in [2.24, 2.45) is 0 Å². The molecule has 0 radical (unpaired) electrons. The first-order valence-electron chi connectivity index (χ1n) is 11.4. The maximum atomic E-state index is 14.1. The Morgan fingerprint density at radius 2 is 1.92 bits per heavy atom. The number of halogens is 1. The van der Waals surface area contributed by atoms with Gasteiger partial charge in [0.25, 0.3) is 11.5 Å². The van der Waals surface area contributed by atoms with Gasteiger partial charge in [-0.2, -0.15) is 5.10 Å². The number of carbonyl (C=O) groups is 1. The zero-order valence-corrected chi connectivity index (χ0v) is 20.1. The highest BCUT2D eigenvalue weighted by molar-refractivity contribution is 7.14. The van der Waals surface area contributed by atoms with Crippen LogP contribution in [0.2, 0.25) is 0 Å². The Labute approximate surface area is 208 Å². The van der Waals surface area contributed by atoms with Gasteiger partial charge in [-0.05, 0) is 31.2 Å². The lowest BCUT2D eigenvalue weighted by molar-refractivity contribution is 0.0746. The normalized spacial score (nSPS) is 14.1. The average Bonchev–Trinajstić information content (AvgIpc) is 3.64. The van der Waals surface area contributed by atoms with E-state index in [9.17, 15) is 14.0 Å². The molecule has 1 N–H and O–H groups in total. The fourth-order valence-corrected chi connectivity index (χ4v) is 5.21. The van der Waals surface area contributed by atoms with Crippen LogP contribution in [0.25, 0.3) is 22.7 Å². The number of benzene rings is 1. The van der Waals surface area contributed by atoms with Crippen molar-refractivity contribution in [1.82, 2.24) is 34.3 Å². The molecule has 1 aliphatic heterocycles. The second kappa shape index (κ2) is 8.72. The summed E-state index contributed by atoms with van der Waals surface area (Å²) in [6.07, 6.45) is 3.19. The van der Waals surface area contributed by atoms with Crippen molar-refractivity contribution in [3.05, 3.63) is 81.6 Å². The van der Waals surface area contributed by atoms with Crippen LogP contribution >= 0.6 is 11.3 Å². The second-order valence-electron chi connectivity index (χ2n) is 8.45. The summed E-state index contributed by atoms with van der Waals surface area (Å²) in [7, 11) is 0. The van der Waals surface area contributed by atoms with E-state index < -0.39 is 0 Å². The third kappa shape index (κ3) is 3.75. The molecule has 0 aliphatic carbocycles. The quantitative estimate of drug-likeness (QED) is 0.404. The Balaban J connectivity index is 1.16. The second-order valence-corrected chi connectivity index (χ2v) is 9.28. The van der Waals surface area contributed by atoms with Gasteiger partial charge < -0.3 is 9.80 Å². The number of hydrogen-bond acceptors (Lipinski definition) is 7. The largest absolute Gasteiger partial charge is 0.345 e. The fraction of sp³-hybridized carbons (Fsp3) is 0.208. The van der Waals surface area contributed by atoms with Crippen LogP contribution in [0, 0.1) is 12.7 Å². The van der Waals surface area contributed by atoms with Gasteiger partial charge in [-0.1, -0.05) is 12.1 Å². The molecule has 1 aromatic carbocycles. The highest BCUT2D eigenvalue weighted by Crippen LogP contribution is 2.29.